The lowest BCUT2D eigenvalue weighted by Crippen LogP contribution is -2.52. The third kappa shape index (κ3) is 3.28. The second-order valence-corrected chi connectivity index (χ2v) is 7.16. The summed E-state index contributed by atoms with van der Waals surface area (Å²) in [5, 5.41) is 3.52. The summed E-state index contributed by atoms with van der Waals surface area (Å²) in [7, 11) is -1.42. The quantitative estimate of drug-likeness (QED) is 0.792. The molecule has 1 saturated heterocycles. The van der Waals surface area contributed by atoms with E-state index in [9.17, 15) is 8.42 Å². The summed E-state index contributed by atoms with van der Waals surface area (Å²) in [6.07, 6.45) is 0. The Morgan fingerprint density at radius 3 is 2.61 bits per heavy atom. The summed E-state index contributed by atoms with van der Waals surface area (Å²) in [5.41, 5.74) is 6.33. The number of hydrogen-bond donors (Lipinski definition) is 2. The van der Waals surface area contributed by atoms with Crippen LogP contribution in [0.25, 0.3) is 0 Å². The predicted molar refractivity (Wildman–Crippen MR) is 71.6 cm³/mol. The van der Waals surface area contributed by atoms with Crippen LogP contribution < -0.4 is 10.6 Å². The highest BCUT2D eigenvalue weighted by atomic mass is 32.2. The molecular weight excluding hydrogens is 272 g/mol. The molecule has 1 aromatic rings. The molecule has 0 atom stereocenters. The number of nitrogens with one attached hydrogen (secondary N) is 1. The first kappa shape index (κ1) is 13.9. The smallest absolute Gasteiger partial charge is 0.262 e. The van der Waals surface area contributed by atoms with Crippen molar-refractivity contribution in [3.8, 4) is 0 Å². The molecule has 1 aliphatic heterocycles. The molecule has 0 aromatic carbocycles. The molecule has 0 aliphatic carbocycles. The SMILES string of the molecule is CN1CCN(NS(=O)(=O)c2cc(CN)cs2)CC1. The van der Waals surface area contributed by atoms with E-state index in [0.29, 0.717) is 23.8 Å². The van der Waals surface area contributed by atoms with Crippen molar-refractivity contribution < 1.29 is 8.42 Å². The zero-order chi connectivity index (χ0) is 13.2. The summed E-state index contributed by atoms with van der Waals surface area (Å²) in [6.45, 7) is 3.48. The number of hydrazine groups is 1. The Labute approximate surface area is 111 Å². The van der Waals surface area contributed by atoms with Gasteiger partial charge < -0.3 is 10.6 Å². The summed E-state index contributed by atoms with van der Waals surface area (Å²) in [6, 6.07) is 1.63. The number of nitrogens with zero attached hydrogens (tertiary/aromatic N) is 2. The summed E-state index contributed by atoms with van der Waals surface area (Å²) in [4.78, 5) is 4.79. The van der Waals surface area contributed by atoms with Crippen molar-refractivity contribution >= 4 is 21.4 Å². The average molecular weight is 290 g/mol. The van der Waals surface area contributed by atoms with Crippen molar-refractivity contribution in [1.29, 1.82) is 0 Å². The molecule has 0 unspecified atom stereocenters. The Hall–Kier alpha value is -0.510. The van der Waals surface area contributed by atoms with E-state index in [2.05, 4.69) is 9.73 Å². The second kappa shape index (κ2) is 5.64. The first-order chi connectivity index (χ1) is 8.51. The van der Waals surface area contributed by atoms with Crippen LogP contribution in [0, 0.1) is 0 Å². The van der Waals surface area contributed by atoms with Gasteiger partial charge in [-0.05, 0) is 24.1 Å². The van der Waals surface area contributed by atoms with Crippen molar-refractivity contribution in [3.63, 3.8) is 0 Å². The van der Waals surface area contributed by atoms with Crippen molar-refractivity contribution in [2.45, 2.75) is 10.8 Å². The van der Waals surface area contributed by atoms with Gasteiger partial charge in [-0.2, -0.15) is 0 Å². The first-order valence-electron chi connectivity index (χ1n) is 5.74. The summed E-state index contributed by atoms with van der Waals surface area (Å²) < 4.78 is 24.5. The van der Waals surface area contributed by atoms with Crippen LogP contribution in [0.15, 0.2) is 15.7 Å². The molecule has 8 heteroatoms. The number of nitrogens with two attached hydrogens (primary N) is 1. The monoisotopic (exact) mass is 290 g/mol. The minimum absolute atomic E-state index is 0.321. The number of piperazine rings is 1. The molecule has 2 heterocycles. The number of likely N-dealkylation sites (N-methyl/N-ethyl adjacent to an activating group) is 1. The fourth-order valence-corrected chi connectivity index (χ4v) is 4.05. The molecule has 0 radical (unpaired) electrons. The minimum Gasteiger partial charge on any atom is -0.326 e. The molecule has 102 valence electrons. The van der Waals surface area contributed by atoms with Crippen LogP contribution >= 0.6 is 11.3 Å². The summed E-state index contributed by atoms with van der Waals surface area (Å²) >= 11 is 1.20. The lowest BCUT2D eigenvalue weighted by molar-refractivity contribution is 0.135. The van der Waals surface area contributed by atoms with Crippen LogP contribution in [0.5, 0.6) is 0 Å². The van der Waals surface area contributed by atoms with E-state index in [4.69, 9.17) is 5.73 Å². The van der Waals surface area contributed by atoms with Gasteiger partial charge in [0.2, 0.25) is 0 Å². The van der Waals surface area contributed by atoms with Gasteiger partial charge in [0.1, 0.15) is 4.21 Å². The van der Waals surface area contributed by atoms with Crippen LogP contribution in [-0.2, 0) is 16.6 Å². The predicted octanol–water partition coefficient (Wildman–Crippen LogP) is -0.352. The van der Waals surface area contributed by atoms with Crippen LogP contribution in [0.4, 0.5) is 0 Å². The third-order valence-electron chi connectivity index (χ3n) is 2.88. The molecule has 0 bridgehead atoms. The molecule has 1 fully saturated rings. The number of thiophene rings is 1. The molecule has 3 N–H and O–H groups in total. The first-order valence-corrected chi connectivity index (χ1v) is 8.11. The third-order valence-corrected chi connectivity index (χ3v) is 5.75. The van der Waals surface area contributed by atoms with Crippen molar-refractivity contribution in [2.75, 3.05) is 33.2 Å². The lowest BCUT2D eigenvalue weighted by Gasteiger charge is -2.31. The minimum atomic E-state index is -3.45. The topological polar surface area (TPSA) is 78.7 Å². The number of rotatable bonds is 4. The van der Waals surface area contributed by atoms with Crippen LogP contribution in [-0.4, -0.2) is 51.6 Å². The fourth-order valence-electron chi connectivity index (χ4n) is 1.71. The van der Waals surface area contributed by atoms with Crippen molar-refractivity contribution in [3.05, 3.63) is 17.0 Å². The van der Waals surface area contributed by atoms with E-state index in [0.717, 1.165) is 18.7 Å². The van der Waals surface area contributed by atoms with Gasteiger partial charge in [0.15, 0.2) is 0 Å². The maximum atomic E-state index is 12.1. The van der Waals surface area contributed by atoms with E-state index in [1.807, 2.05) is 7.05 Å². The van der Waals surface area contributed by atoms with E-state index >= 15 is 0 Å². The number of hydrogen-bond acceptors (Lipinski definition) is 6. The maximum Gasteiger partial charge on any atom is 0.262 e. The Balaban J connectivity index is 2.03. The average Bonchev–Trinajstić information content (AvgIpc) is 2.81. The molecule has 1 aliphatic rings. The largest absolute Gasteiger partial charge is 0.326 e. The van der Waals surface area contributed by atoms with Gasteiger partial charge in [0, 0.05) is 32.7 Å². The van der Waals surface area contributed by atoms with Gasteiger partial charge in [0.25, 0.3) is 10.0 Å². The molecule has 1 aromatic heterocycles. The molecule has 0 spiro atoms. The highest BCUT2D eigenvalue weighted by molar-refractivity contribution is 7.91. The maximum absolute atomic E-state index is 12.1. The molecule has 6 nitrogen and oxygen atoms in total. The standard InChI is InChI=1S/C10H18N4O2S2/c1-13-2-4-14(5-3-13)12-18(15,16)10-6-9(7-11)8-17-10/h6,8,12H,2-5,7,11H2,1H3. The van der Waals surface area contributed by atoms with Gasteiger partial charge in [0.05, 0.1) is 0 Å². The van der Waals surface area contributed by atoms with Gasteiger partial charge >= 0.3 is 0 Å². The van der Waals surface area contributed by atoms with Crippen molar-refractivity contribution in [2.24, 2.45) is 5.73 Å². The normalized spacial score (nSPS) is 19.2. The Kier molecular flexibility index (Phi) is 4.36. The van der Waals surface area contributed by atoms with E-state index < -0.39 is 10.0 Å². The Morgan fingerprint density at radius 2 is 2.06 bits per heavy atom. The van der Waals surface area contributed by atoms with E-state index in [1.165, 1.54) is 11.3 Å². The lowest BCUT2D eigenvalue weighted by atomic mass is 10.4. The van der Waals surface area contributed by atoms with Gasteiger partial charge in [-0.3, -0.25) is 0 Å². The Bertz CT molecular complexity index is 492. The van der Waals surface area contributed by atoms with Crippen LogP contribution in [0.2, 0.25) is 0 Å². The van der Waals surface area contributed by atoms with Gasteiger partial charge in [-0.15, -0.1) is 16.2 Å². The molecule has 0 saturated carbocycles. The second-order valence-electron chi connectivity index (χ2n) is 4.36. The fraction of sp³-hybridized carbons (Fsp3) is 0.600. The summed E-state index contributed by atoms with van der Waals surface area (Å²) in [5.74, 6) is 0. The van der Waals surface area contributed by atoms with E-state index in [-0.39, 0.29) is 0 Å². The zero-order valence-electron chi connectivity index (χ0n) is 10.3. The van der Waals surface area contributed by atoms with Gasteiger partial charge in [-0.25, -0.2) is 13.4 Å². The molecule has 18 heavy (non-hydrogen) atoms. The number of sulfonamides is 1. The van der Waals surface area contributed by atoms with Crippen LogP contribution in [0.1, 0.15) is 5.56 Å². The highest BCUT2D eigenvalue weighted by Gasteiger charge is 2.22. The van der Waals surface area contributed by atoms with Gasteiger partial charge in [-0.1, -0.05) is 0 Å². The molecule has 2 rings (SSSR count). The van der Waals surface area contributed by atoms with E-state index in [1.54, 1.807) is 16.5 Å². The van der Waals surface area contributed by atoms with Crippen molar-refractivity contribution in [1.82, 2.24) is 14.7 Å². The Morgan fingerprint density at radius 1 is 1.39 bits per heavy atom. The molecule has 0 amide bonds. The highest BCUT2D eigenvalue weighted by Crippen LogP contribution is 2.20. The van der Waals surface area contributed by atoms with Crippen LogP contribution in [0.3, 0.4) is 0 Å². The molecular formula is C10H18N4O2S2. The zero-order valence-corrected chi connectivity index (χ0v) is 11.9.